The van der Waals surface area contributed by atoms with Gasteiger partial charge in [-0.2, -0.15) is 0 Å². The number of hydrogen-bond donors (Lipinski definition) is 1. The minimum atomic E-state index is -0.0316. The number of aromatic nitrogens is 1. The van der Waals surface area contributed by atoms with Gasteiger partial charge in [-0.05, 0) is 38.2 Å². The van der Waals surface area contributed by atoms with Gasteiger partial charge in [-0.3, -0.25) is 9.69 Å². The number of fused-ring (bicyclic) bond motifs is 3. The number of carbonyl (C=O) groups is 1. The van der Waals surface area contributed by atoms with Crippen LogP contribution in [0.4, 0.5) is 5.82 Å². The maximum absolute atomic E-state index is 12.5. The van der Waals surface area contributed by atoms with E-state index in [0.717, 1.165) is 5.82 Å². The normalized spacial score (nSPS) is 31.0. The van der Waals surface area contributed by atoms with Crippen LogP contribution < -0.4 is 5.32 Å². The maximum atomic E-state index is 12.5. The van der Waals surface area contributed by atoms with Crippen LogP contribution in [0.2, 0.25) is 0 Å². The zero-order valence-corrected chi connectivity index (χ0v) is 14.4. The molecule has 1 saturated heterocycles. The van der Waals surface area contributed by atoms with Crippen LogP contribution in [-0.2, 0) is 4.79 Å². The average molecular weight is 301 g/mol. The van der Waals surface area contributed by atoms with E-state index in [2.05, 4.69) is 55.9 Å². The predicted octanol–water partition coefficient (Wildman–Crippen LogP) is 3.26. The fourth-order valence-corrected chi connectivity index (χ4v) is 4.53. The number of nitrogens with zero attached hydrogens (tertiary/aromatic N) is 2. The van der Waals surface area contributed by atoms with E-state index in [4.69, 9.17) is 0 Å². The van der Waals surface area contributed by atoms with Gasteiger partial charge in [0.1, 0.15) is 11.6 Å². The summed E-state index contributed by atoms with van der Waals surface area (Å²) in [7, 11) is 0. The van der Waals surface area contributed by atoms with Crippen molar-refractivity contribution in [3.63, 3.8) is 0 Å². The molecule has 1 aromatic rings. The number of rotatable bonds is 2. The van der Waals surface area contributed by atoms with Crippen molar-refractivity contribution in [2.24, 2.45) is 11.3 Å². The van der Waals surface area contributed by atoms with Crippen molar-refractivity contribution in [3.8, 4) is 0 Å². The molecule has 0 radical (unpaired) electrons. The van der Waals surface area contributed by atoms with E-state index in [-0.39, 0.29) is 29.3 Å². The first-order valence-corrected chi connectivity index (χ1v) is 8.23. The molecule has 4 nitrogen and oxygen atoms in total. The first-order valence-electron chi connectivity index (χ1n) is 8.23. The summed E-state index contributed by atoms with van der Waals surface area (Å²) in [4.78, 5) is 19.3. The van der Waals surface area contributed by atoms with Gasteiger partial charge in [0.15, 0.2) is 0 Å². The molecule has 0 saturated carbocycles. The summed E-state index contributed by atoms with van der Waals surface area (Å²) < 4.78 is 0. The maximum Gasteiger partial charge on any atom is 0.147 e. The van der Waals surface area contributed by atoms with E-state index in [9.17, 15) is 4.79 Å². The van der Waals surface area contributed by atoms with Gasteiger partial charge in [-0.25, -0.2) is 4.98 Å². The minimum Gasteiger partial charge on any atom is -0.354 e. The van der Waals surface area contributed by atoms with E-state index < -0.39 is 0 Å². The van der Waals surface area contributed by atoms with Crippen LogP contribution in [-0.4, -0.2) is 33.9 Å². The predicted molar refractivity (Wildman–Crippen MR) is 88.8 cm³/mol. The Morgan fingerprint density at radius 3 is 2.59 bits per heavy atom. The summed E-state index contributed by atoms with van der Waals surface area (Å²) in [6, 6.07) is 4.45. The zero-order chi connectivity index (χ0) is 16.2. The van der Waals surface area contributed by atoms with Crippen LogP contribution in [0.15, 0.2) is 18.3 Å². The largest absolute Gasteiger partial charge is 0.354 e. The molecule has 2 aliphatic heterocycles. The van der Waals surface area contributed by atoms with Crippen LogP contribution in [0, 0.1) is 11.3 Å². The van der Waals surface area contributed by atoms with Gasteiger partial charge in [0, 0.05) is 23.7 Å². The number of carbonyl (C=O) groups excluding carboxylic acids is 1. The van der Waals surface area contributed by atoms with Crippen LogP contribution in [0.3, 0.4) is 0 Å². The van der Waals surface area contributed by atoms with Gasteiger partial charge in [-0.1, -0.05) is 26.8 Å². The van der Waals surface area contributed by atoms with Crippen LogP contribution in [0.5, 0.6) is 0 Å². The summed E-state index contributed by atoms with van der Waals surface area (Å²) in [6.07, 6.45) is 2.00. The Balaban J connectivity index is 2.15. The molecule has 120 valence electrons. The van der Waals surface area contributed by atoms with Gasteiger partial charge < -0.3 is 5.32 Å². The zero-order valence-electron chi connectivity index (χ0n) is 14.4. The molecule has 0 aliphatic carbocycles. The standard InChI is InChI=1S/C18H27N3O/c1-10(2)21-15(11(3)22)14(18(4,5)6)13-12-8-7-9-19-16(12)20-17(13)21/h7-10,13-15,17H,1-6H3,(H,19,20). The van der Waals surface area contributed by atoms with Crippen LogP contribution >= 0.6 is 0 Å². The molecular weight excluding hydrogens is 274 g/mol. The molecule has 0 aromatic carbocycles. The molecule has 3 rings (SSSR count). The molecule has 22 heavy (non-hydrogen) atoms. The first kappa shape index (κ1) is 15.5. The summed E-state index contributed by atoms with van der Waals surface area (Å²) in [5.41, 5.74) is 1.32. The molecule has 1 fully saturated rings. The summed E-state index contributed by atoms with van der Waals surface area (Å²) >= 11 is 0. The Morgan fingerprint density at radius 2 is 2.05 bits per heavy atom. The van der Waals surface area contributed by atoms with Gasteiger partial charge >= 0.3 is 0 Å². The molecule has 4 heteroatoms. The molecule has 3 heterocycles. The third-order valence-corrected chi connectivity index (χ3v) is 5.21. The Morgan fingerprint density at radius 1 is 1.36 bits per heavy atom. The number of nitrogens with one attached hydrogen (secondary N) is 1. The summed E-state index contributed by atoms with van der Waals surface area (Å²) in [6.45, 7) is 12.9. The van der Waals surface area contributed by atoms with Crippen molar-refractivity contribution < 1.29 is 4.79 Å². The third kappa shape index (κ3) is 2.16. The van der Waals surface area contributed by atoms with Gasteiger partial charge in [0.2, 0.25) is 0 Å². The van der Waals surface area contributed by atoms with Crippen molar-refractivity contribution in [1.82, 2.24) is 9.88 Å². The van der Waals surface area contributed by atoms with E-state index >= 15 is 0 Å². The van der Waals surface area contributed by atoms with E-state index in [1.807, 2.05) is 12.3 Å². The fraction of sp³-hybridized carbons (Fsp3) is 0.667. The number of hydrogen-bond acceptors (Lipinski definition) is 4. The van der Waals surface area contributed by atoms with E-state index in [0.29, 0.717) is 12.0 Å². The third-order valence-electron chi connectivity index (χ3n) is 5.21. The minimum absolute atomic E-state index is 0.0316. The molecule has 2 aliphatic rings. The lowest BCUT2D eigenvalue weighted by molar-refractivity contribution is -0.124. The number of Topliss-reactive ketones (excluding diaryl/α,β-unsaturated/α-hetero) is 1. The van der Waals surface area contributed by atoms with E-state index in [1.54, 1.807) is 6.92 Å². The highest BCUT2D eigenvalue weighted by molar-refractivity contribution is 5.83. The molecule has 0 spiro atoms. The van der Waals surface area contributed by atoms with Crippen LogP contribution in [0.25, 0.3) is 0 Å². The lowest BCUT2D eigenvalue weighted by atomic mass is 9.69. The lowest BCUT2D eigenvalue weighted by Crippen LogP contribution is -2.49. The second-order valence-corrected chi connectivity index (χ2v) is 8.04. The highest BCUT2D eigenvalue weighted by atomic mass is 16.1. The summed E-state index contributed by atoms with van der Waals surface area (Å²) in [5.74, 6) is 1.87. The number of likely N-dealkylation sites (tertiary alicyclic amines) is 1. The van der Waals surface area contributed by atoms with Crippen molar-refractivity contribution in [1.29, 1.82) is 0 Å². The van der Waals surface area contributed by atoms with Gasteiger partial charge in [-0.15, -0.1) is 0 Å². The Labute approximate surface area is 133 Å². The molecule has 1 aromatic heterocycles. The molecular formula is C18H27N3O. The van der Waals surface area contributed by atoms with Gasteiger partial charge in [0.05, 0.1) is 12.2 Å². The molecule has 4 unspecified atom stereocenters. The van der Waals surface area contributed by atoms with Gasteiger partial charge in [0.25, 0.3) is 0 Å². The number of ketones is 1. The van der Waals surface area contributed by atoms with Crippen molar-refractivity contribution in [2.45, 2.75) is 65.7 Å². The molecule has 1 N–H and O–H groups in total. The number of pyridine rings is 1. The first-order chi connectivity index (χ1) is 10.2. The van der Waals surface area contributed by atoms with E-state index in [1.165, 1.54) is 5.56 Å². The Hall–Kier alpha value is -1.42. The van der Waals surface area contributed by atoms with Crippen molar-refractivity contribution >= 4 is 11.6 Å². The van der Waals surface area contributed by atoms with Crippen molar-refractivity contribution in [2.75, 3.05) is 5.32 Å². The van der Waals surface area contributed by atoms with Crippen LogP contribution in [0.1, 0.15) is 53.0 Å². The fourth-order valence-electron chi connectivity index (χ4n) is 4.53. The average Bonchev–Trinajstić information content (AvgIpc) is 2.90. The lowest BCUT2D eigenvalue weighted by Gasteiger charge is -2.37. The summed E-state index contributed by atoms with van der Waals surface area (Å²) in [5, 5.41) is 3.58. The highest BCUT2D eigenvalue weighted by Crippen LogP contribution is 2.55. The second kappa shape index (κ2) is 5.05. The van der Waals surface area contributed by atoms with Crippen molar-refractivity contribution in [3.05, 3.63) is 23.9 Å². The molecule has 0 amide bonds. The number of anilines is 1. The SMILES string of the molecule is CC(=O)C1C(C(C)(C)C)C2c3cccnc3NC2N1C(C)C. The molecule has 4 atom stereocenters. The Kier molecular flexibility index (Phi) is 3.55. The smallest absolute Gasteiger partial charge is 0.147 e. The topological polar surface area (TPSA) is 45.2 Å². The highest BCUT2D eigenvalue weighted by Gasteiger charge is 2.58. The monoisotopic (exact) mass is 301 g/mol. The second-order valence-electron chi connectivity index (χ2n) is 8.04. The molecule has 0 bridgehead atoms. The quantitative estimate of drug-likeness (QED) is 0.910. The Bertz CT molecular complexity index is 590.